The van der Waals surface area contributed by atoms with Crippen LogP contribution in [0.4, 0.5) is 5.82 Å². The van der Waals surface area contributed by atoms with Gasteiger partial charge in [0, 0.05) is 6.54 Å². The average molecular weight is 419 g/mol. The molecule has 6 nitrogen and oxygen atoms in total. The van der Waals surface area contributed by atoms with Gasteiger partial charge in [-0.15, -0.1) is 11.3 Å². The van der Waals surface area contributed by atoms with E-state index >= 15 is 0 Å². The topological polar surface area (TPSA) is 86.9 Å². The Morgan fingerprint density at radius 1 is 1.00 bits per heavy atom. The number of carbonyl (C=O) groups excluding carboxylic acids is 2. The number of aromatic nitrogens is 2. The molecule has 0 bridgehead atoms. The number of fused-ring (bicyclic) bond motifs is 1. The van der Waals surface area contributed by atoms with Crippen LogP contribution in [-0.2, 0) is 17.8 Å². The van der Waals surface area contributed by atoms with Gasteiger partial charge in [0.25, 0.3) is 5.91 Å². The number of anilines is 1. The second-order valence-electron chi connectivity index (χ2n) is 7.31. The third-order valence-electron chi connectivity index (χ3n) is 4.72. The quantitative estimate of drug-likeness (QED) is 0.435. The molecule has 2 amide bonds. The monoisotopic (exact) mass is 418 g/mol. The molecule has 4 rings (SSSR count). The second-order valence-corrected chi connectivity index (χ2v) is 8.34. The summed E-state index contributed by atoms with van der Waals surface area (Å²) in [4.78, 5) is 26.2. The number of thiophene rings is 1. The Morgan fingerprint density at radius 3 is 2.43 bits per heavy atom. The van der Waals surface area contributed by atoms with Gasteiger partial charge in [-0.3, -0.25) is 14.7 Å². The Hall–Kier alpha value is -3.45. The summed E-state index contributed by atoms with van der Waals surface area (Å²) in [5.74, 6) is 0.218. The molecular weight excluding hydrogens is 396 g/mol. The molecule has 0 fully saturated rings. The molecule has 7 heteroatoms. The maximum absolute atomic E-state index is 12.6. The average Bonchev–Trinajstić information content (AvgIpc) is 3.28. The lowest BCUT2D eigenvalue weighted by molar-refractivity contribution is -0.115. The van der Waals surface area contributed by atoms with E-state index in [9.17, 15) is 9.59 Å². The first-order valence-corrected chi connectivity index (χ1v) is 10.5. The van der Waals surface area contributed by atoms with Crippen LogP contribution in [0, 0.1) is 13.8 Å². The first-order valence-electron chi connectivity index (χ1n) is 9.65. The summed E-state index contributed by atoms with van der Waals surface area (Å²) in [5.41, 5.74) is 4.27. The van der Waals surface area contributed by atoms with Crippen molar-refractivity contribution in [3.63, 3.8) is 0 Å². The zero-order valence-corrected chi connectivity index (χ0v) is 17.6. The fraction of sp³-hybridized carbons (Fsp3) is 0.174. The number of amides is 2. The second kappa shape index (κ2) is 8.51. The van der Waals surface area contributed by atoms with E-state index in [2.05, 4.69) is 20.8 Å². The van der Waals surface area contributed by atoms with E-state index in [-0.39, 0.29) is 18.2 Å². The van der Waals surface area contributed by atoms with Crippen LogP contribution in [0.5, 0.6) is 0 Å². The fourth-order valence-electron chi connectivity index (χ4n) is 3.30. The molecule has 2 aromatic heterocycles. The minimum atomic E-state index is -0.156. The molecule has 0 radical (unpaired) electrons. The van der Waals surface area contributed by atoms with Gasteiger partial charge >= 0.3 is 0 Å². The van der Waals surface area contributed by atoms with Crippen molar-refractivity contribution in [3.8, 4) is 0 Å². The summed E-state index contributed by atoms with van der Waals surface area (Å²) in [7, 11) is 0. The number of carbonyl (C=O) groups is 2. The number of benzene rings is 2. The number of aryl methyl sites for hydroxylation is 2. The van der Waals surface area contributed by atoms with Gasteiger partial charge in [-0.05, 0) is 31.0 Å². The van der Waals surface area contributed by atoms with Crippen molar-refractivity contribution in [2.24, 2.45) is 0 Å². The van der Waals surface area contributed by atoms with Gasteiger partial charge in [0.05, 0.1) is 16.7 Å². The Labute approximate surface area is 178 Å². The molecule has 0 aliphatic rings. The molecule has 0 spiro atoms. The van der Waals surface area contributed by atoms with E-state index in [1.807, 2.05) is 62.4 Å². The number of rotatable bonds is 6. The molecule has 0 atom stereocenters. The van der Waals surface area contributed by atoms with E-state index in [4.69, 9.17) is 0 Å². The Kier molecular flexibility index (Phi) is 5.63. The predicted octanol–water partition coefficient (Wildman–Crippen LogP) is 4.35. The lowest BCUT2D eigenvalue weighted by Gasteiger charge is -2.05. The molecule has 2 heterocycles. The zero-order valence-electron chi connectivity index (χ0n) is 16.8. The fourth-order valence-corrected chi connectivity index (χ4v) is 4.21. The minimum absolute atomic E-state index is 0.136. The van der Waals surface area contributed by atoms with Crippen molar-refractivity contribution in [1.82, 2.24) is 15.5 Å². The highest BCUT2D eigenvalue weighted by molar-refractivity contribution is 7.20. The van der Waals surface area contributed by atoms with E-state index in [1.54, 1.807) is 6.07 Å². The van der Waals surface area contributed by atoms with Crippen LogP contribution in [0.2, 0.25) is 0 Å². The lowest BCUT2D eigenvalue weighted by Crippen LogP contribution is -2.21. The summed E-state index contributed by atoms with van der Waals surface area (Å²) >= 11 is 1.29. The van der Waals surface area contributed by atoms with Crippen molar-refractivity contribution < 1.29 is 9.59 Å². The van der Waals surface area contributed by atoms with Gasteiger partial charge in [0.1, 0.15) is 10.6 Å². The number of nitrogens with zero attached hydrogens (tertiary/aromatic N) is 1. The maximum Gasteiger partial charge on any atom is 0.261 e. The van der Waals surface area contributed by atoms with Crippen LogP contribution in [0.15, 0.2) is 54.6 Å². The van der Waals surface area contributed by atoms with Crippen molar-refractivity contribution in [2.75, 3.05) is 5.32 Å². The van der Waals surface area contributed by atoms with Crippen LogP contribution in [-0.4, -0.2) is 22.0 Å². The number of hydrogen-bond donors (Lipinski definition) is 3. The molecule has 0 saturated heterocycles. The maximum atomic E-state index is 12.6. The molecule has 0 aliphatic heterocycles. The first kappa shape index (κ1) is 19.8. The van der Waals surface area contributed by atoms with Crippen molar-refractivity contribution in [3.05, 3.63) is 81.7 Å². The van der Waals surface area contributed by atoms with E-state index in [0.29, 0.717) is 22.1 Å². The highest BCUT2D eigenvalue weighted by Gasteiger charge is 2.16. The standard InChI is InChI=1S/C23H22N4O2S/c1-14-5-3-7-16(9-14)11-20(28)25-21-18-12-19(30-23(18)27-26-21)22(29)24-13-17-8-4-6-15(2)10-17/h3-10,12H,11,13H2,1-2H3,(H,24,29)(H2,25,26,27,28). The third kappa shape index (κ3) is 4.58. The Bertz CT molecular complexity index is 1220. The summed E-state index contributed by atoms with van der Waals surface area (Å²) in [6, 6.07) is 17.6. The van der Waals surface area contributed by atoms with E-state index < -0.39 is 0 Å². The molecule has 30 heavy (non-hydrogen) atoms. The summed E-state index contributed by atoms with van der Waals surface area (Å²) in [6.07, 6.45) is 0.274. The van der Waals surface area contributed by atoms with Crippen LogP contribution in [0.1, 0.15) is 31.9 Å². The smallest absolute Gasteiger partial charge is 0.261 e. The van der Waals surface area contributed by atoms with Gasteiger partial charge in [0.15, 0.2) is 0 Å². The van der Waals surface area contributed by atoms with Crippen LogP contribution >= 0.6 is 11.3 Å². The number of nitrogens with one attached hydrogen (secondary N) is 3. The largest absolute Gasteiger partial charge is 0.347 e. The number of aromatic amines is 1. The molecular formula is C23H22N4O2S. The zero-order chi connectivity index (χ0) is 21.1. The normalized spacial score (nSPS) is 10.9. The highest BCUT2D eigenvalue weighted by atomic mass is 32.1. The van der Waals surface area contributed by atoms with Crippen molar-refractivity contribution in [1.29, 1.82) is 0 Å². The summed E-state index contributed by atoms with van der Waals surface area (Å²) < 4.78 is 0. The molecule has 3 N–H and O–H groups in total. The number of hydrogen-bond acceptors (Lipinski definition) is 4. The molecule has 0 aliphatic carbocycles. The molecule has 0 saturated carbocycles. The van der Waals surface area contributed by atoms with Crippen LogP contribution in [0.3, 0.4) is 0 Å². The highest BCUT2D eigenvalue weighted by Crippen LogP contribution is 2.29. The van der Waals surface area contributed by atoms with Gasteiger partial charge in [-0.1, -0.05) is 59.7 Å². The van der Waals surface area contributed by atoms with Crippen LogP contribution < -0.4 is 10.6 Å². The SMILES string of the molecule is Cc1cccc(CNC(=O)c2cc3c(NC(=O)Cc4cccc(C)c4)[nH]nc3s2)c1. The predicted molar refractivity (Wildman–Crippen MR) is 120 cm³/mol. The lowest BCUT2D eigenvalue weighted by atomic mass is 10.1. The van der Waals surface area contributed by atoms with Crippen molar-refractivity contribution in [2.45, 2.75) is 26.8 Å². The molecule has 0 unspecified atom stereocenters. The number of H-pyrrole nitrogens is 1. The van der Waals surface area contributed by atoms with Gasteiger partial charge in [-0.2, -0.15) is 5.10 Å². The first-order chi connectivity index (χ1) is 14.5. The van der Waals surface area contributed by atoms with Crippen LogP contribution in [0.25, 0.3) is 10.2 Å². The van der Waals surface area contributed by atoms with Gasteiger partial charge in [-0.25, -0.2) is 0 Å². The minimum Gasteiger partial charge on any atom is -0.347 e. The Balaban J connectivity index is 1.42. The molecule has 152 valence electrons. The molecule has 2 aromatic carbocycles. The summed E-state index contributed by atoms with van der Waals surface area (Å²) in [5, 5.41) is 13.6. The van der Waals surface area contributed by atoms with Gasteiger partial charge < -0.3 is 10.6 Å². The van der Waals surface area contributed by atoms with E-state index in [1.165, 1.54) is 11.3 Å². The van der Waals surface area contributed by atoms with E-state index in [0.717, 1.165) is 27.6 Å². The summed E-state index contributed by atoms with van der Waals surface area (Å²) in [6.45, 7) is 4.48. The third-order valence-corrected chi connectivity index (χ3v) is 5.75. The Morgan fingerprint density at radius 2 is 1.70 bits per heavy atom. The van der Waals surface area contributed by atoms with Crippen molar-refractivity contribution >= 4 is 39.2 Å². The molecule has 4 aromatic rings. The van der Waals surface area contributed by atoms with Gasteiger partial charge in [0.2, 0.25) is 5.91 Å².